The SMILES string of the molecule is CC(C)n1cc(-c2ccc(NC(=O)Nc3cccc(C(F)(C(F)(F)F)C(F)(F)C(F)(F)F)c3)cc2)c2c1=NCNC=2N. The first kappa shape index (κ1) is 30.6. The van der Waals surface area contributed by atoms with Crippen molar-refractivity contribution in [2.75, 3.05) is 17.3 Å². The largest absolute Gasteiger partial charge is 0.457 e. The van der Waals surface area contributed by atoms with Gasteiger partial charge in [0.1, 0.15) is 18.0 Å². The molecular formula is C26H23F9N6O. The van der Waals surface area contributed by atoms with Gasteiger partial charge in [0.2, 0.25) is 0 Å². The number of nitrogens with two attached hydrogens (primary N) is 1. The summed E-state index contributed by atoms with van der Waals surface area (Å²) in [4.78, 5) is 16.9. The molecule has 0 saturated carbocycles. The summed E-state index contributed by atoms with van der Waals surface area (Å²) in [5.74, 6) is -6.41. The third-order valence-electron chi connectivity index (χ3n) is 6.48. The lowest BCUT2D eigenvalue weighted by atomic mass is 9.87. The van der Waals surface area contributed by atoms with Crippen molar-refractivity contribution in [3.63, 3.8) is 0 Å². The highest BCUT2D eigenvalue weighted by Crippen LogP contribution is 2.58. The quantitative estimate of drug-likeness (QED) is 0.279. The fraction of sp³-hybridized carbons (Fsp3) is 0.308. The summed E-state index contributed by atoms with van der Waals surface area (Å²) >= 11 is 0. The molecule has 2 aromatic carbocycles. The molecule has 1 atom stereocenters. The molecule has 7 nitrogen and oxygen atoms in total. The summed E-state index contributed by atoms with van der Waals surface area (Å²) < 4.78 is 123. The van der Waals surface area contributed by atoms with Crippen molar-refractivity contribution in [2.24, 2.45) is 10.7 Å². The van der Waals surface area contributed by atoms with E-state index in [1.165, 1.54) is 12.1 Å². The van der Waals surface area contributed by atoms with E-state index in [1.807, 2.05) is 29.9 Å². The molecule has 1 aromatic heterocycles. The number of hydrogen-bond donors (Lipinski definition) is 4. The molecule has 0 saturated heterocycles. The molecule has 1 aliphatic rings. The van der Waals surface area contributed by atoms with E-state index in [4.69, 9.17) is 5.73 Å². The number of aromatic nitrogens is 1. The standard InChI is InChI=1S/C26H23F9N6O/c1-13(2)41-11-18(19-20(36)37-12-38-21(19)41)14-6-8-16(9-7-14)39-22(42)40-17-5-3-4-15(10-17)23(27,25(30,31)32)24(28,29)26(33,34)35/h3-11,13,37H,12,36H2,1-2H3,(H2,39,40,42). The van der Waals surface area contributed by atoms with Crippen LogP contribution in [0.1, 0.15) is 25.5 Å². The van der Waals surface area contributed by atoms with Crippen molar-refractivity contribution in [3.8, 4) is 11.1 Å². The molecule has 0 aliphatic carbocycles. The van der Waals surface area contributed by atoms with Gasteiger partial charge in [-0.1, -0.05) is 24.3 Å². The number of carbonyl (C=O) groups is 1. The Morgan fingerprint density at radius 1 is 0.929 bits per heavy atom. The van der Waals surface area contributed by atoms with E-state index < -0.39 is 41.2 Å². The van der Waals surface area contributed by atoms with Gasteiger partial charge in [-0.25, -0.2) is 14.2 Å². The maximum Gasteiger partial charge on any atom is 0.457 e. The van der Waals surface area contributed by atoms with Gasteiger partial charge >= 0.3 is 30.0 Å². The molecule has 0 radical (unpaired) electrons. The van der Waals surface area contributed by atoms with Crippen molar-refractivity contribution in [1.82, 2.24) is 9.88 Å². The summed E-state index contributed by atoms with van der Waals surface area (Å²) in [6, 6.07) is 6.87. The predicted molar refractivity (Wildman–Crippen MR) is 136 cm³/mol. The number of benzene rings is 2. The predicted octanol–water partition coefficient (Wildman–Crippen LogP) is 5.51. The Labute approximate surface area is 231 Å². The minimum absolute atomic E-state index is 0.0539. The summed E-state index contributed by atoms with van der Waals surface area (Å²) in [7, 11) is 0. The normalized spacial score (nSPS) is 15.4. The van der Waals surface area contributed by atoms with E-state index in [0.29, 0.717) is 34.8 Å². The number of rotatable bonds is 6. The lowest BCUT2D eigenvalue weighted by molar-refractivity contribution is -0.389. The number of alkyl halides is 9. The average molecular weight is 606 g/mol. The Kier molecular flexibility index (Phi) is 7.63. The molecule has 5 N–H and O–H groups in total. The van der Waals surface area contributed by atoms with E-state index in [-0.39, 0.29) is 23.9 Å². The van der Waals surface area contributed by atoms with Gasteiger partial charge in [-0.15, -0.1) is 0 Å². The summed E-state index contributed by atoms with van der Waals surface area (Å²) in [5, 5.41) is 8.00. The van der Waals surface area contributed by atoms with Crippen LogP contribution in [0.15, 0.2) is 59.7 Å². The van der Waals surface area contributed by atoms with Crippen LogP contribution in [0.5, 0.6) is 0 Å². The van der Waals surface area contributed by atoms with Gasteiger partial charge < -0.3 is 26.3 Å². The first-order valence-corrected chi connectivity index (χ1v) is 12.2. The lowest BCUT2D eigenvalue weighted by Crippen LogP contribution is -2.59. The molecule has 4 rings (SSSR count). The number of urea groups is 1. The molecule has 0 fully saturated rings. The van der Waals surface area contributed by atoms with Crippen LogP contribution in [0.2, 0.25) is 0 Å². The van der Waals surface area contributed by atoms with Crippen molar-refractivity contribution in [3.05, 3.63) is 71.0 Å². The topological polar surface area (TPSA) is 96.5 Å². The average Bonchev–Trinajstić information content (AvgIpc) is 3.29. The Morgan fingerprint density at radius 2 is 1.55 bits per heavy atom. The Bertz CT molecular complexity index is 1610. The second-order valence-corrected chi connectivity index (χ2v) is 9.61. The number of nitrogens with one attached hydrogen (secondary N) is 3. The van der Waals surface area contributed by atoms with Crippen LogP contribution in [0.3, 0.4) is 0 Å². The lowest BCUT2D eigenvalue weighted by Gasteiger charge is -2.36. The van der Waals surface area contributed by atoms with Crippen molar-refractivity contribution < 1.29 is 44.3 Å². The molecule has 42 heavy (non-hydrogen) atoms. The fourth-order valence-corrected chi connectivity index (χ4v) is 4.40. The van der Waals surface area contributed by atoms with Crippen LogP contribution in [-0.2, 0) is 5.67 Å². The van der Waals surface area contributed by atoms with Crippen LogP contribution in [0, 0.1) is 0 Å². The second-order valence-electron chi connectivity index (χ2n) is 9.61. The van der Waals surface area contributed by atoms with E-state index in [1.54, 1.807) is 12.1 Å². The maximum absolute atomic E-state index is 14.8. The maximum atomic E-state index is 14.8. The van der Waals surface area contributed by atoms with Gasteiger partial charge in [-0.2, -0.15) is 35.1 Å². The van der Waals surface area contributed by atoms with Gasteiger partial charge in [0.25, 0.3) is 0 Å². The first-order chi connectivity index (χ1) is 19.4. The number of amides is 2. The third kappa shape index (κ3) is 5.20. The molecule has 2 heterocycles. The number of fused-ring (bicyclic) bond motifs is 1. The molecule has 1 aliphatic heterocycles. The number of anilines is 2. The monoisotopic (exact) mass is 606 g/mol. The van der Waals surface area contributed by atoms with Gasteiger partial charge in [0, 0.05) is 34.7 Å². The zero-order valence-corrected chi connectivity index (χ0v) is 21.8. The minimum atomic E-state index is -6.87. The van der Waals surface area contributed by atoms with Crippen LogP contribution in [-0.4, -0.2) is 35.5 Å². The minimum Gasteiger partial charge on any atom is -0.385 e. The van der Waals surface area contributed by atoms with E-state index in [2.05, 4.69) is 15.6 Å². The van der Waals surface area contributed by atoms with Crippen LogP contribution in [0.25, 0.3) is 16.9 Å². The molecule has 3 aromatic rings. The zero-order valence-electron chi connectivity index (χ0n) is 21.8. The fourth-order valence-electron chi connectivity index (χ4n) is 4.40. The number of carbonyl (C=O) groups excluding carboxylic acids is 1. The molecule has 2 amide bonds. The van der Waals surface area contributed by atoms with Crippen molar-refractivity contribution >= 4 is 23.2 Å². The summed E-state index contributed by atoms with van der Waals surface area (Å²) in [6.45, 7) is 4.25. The highest BCUT2D eigenvalue weighted by atomic mass is 19.4. The van der Waals surface area contributed by atoms with E-state index in [9.17, 15) is 44.3 Å². The van der Waals surface area contributed by atoms with Gasteiger partial charge in [0.15, 0.2) is 0 Å². The Hall–Kier alpha value is -4.37. The third-order valence-corrected chi connectivity index (χ3v) is 6.48. The zero-order chi connectivity index (χ0) is 31.3. The smallest absolute Gasteiger partial charge is 0.385 e. The molecule has 16 heteroatoms. The summed E-state index contributed by atoms with van der Waals surface area (Å²) in [5.41, 5.74) is -0.371. The molecule has 1 unspecified atom stereocenters. The molecule has 0 spiro atoms. The molecular weight excluding hydrogens is 583 g/mol. The second kappa shape index (κ2) is 10.5. The highest BCUT2D eigenvalue weighted by Gasteiger charge is 2.81. The van der Waals surface area contributed by atoms with E-state index in [0.717, 1.165) is 11.6 Å². The van der Waals surface area contributed by atoms with Gasteiger partial charge in [0.05, 0.1) is 5.22 Å². The van der Waals surface area contributed by atoms with Crippen LogP contribution >= 0.6 is 0 Å². The summed E-state index contributed by atoms with van der Waals surface area (Å²) in [6.07, 6.45) is -11.7. The number of hydrogen-bond acceptors (Lipinski definition) is 4. The highest BCUT2D eigenvalue weighted by molar-refractivity contribution is 6.00. The van der Waals surface area contributed by atoms with E-state index >= 15 is 0 Å². The number of halogens is 9. The van der Waals surface area contributed by atoms with Crippen LogP contribution in [0.4, 0.5) is 55.7 Å². The van der Waals surface area contributed by atoms with Crippen molar-refractivity contribution in [1.29, 1.82) is 0 Å². The molecule has 0 bridgehead atoms. The molecule has 226 valence electrons. The van der Waals surface area contributed by atoms with Gasteiger partial charge in [-0.3, -0.25) is 0 Å². The van der Waals surface area contributed by atoms with Gasteiger partial charge in [-0.05, 0) is 43.7 Å². The Morgan fingerprint density at radius 3 is 2.12 bits per heavy atom. The Balaban J connectivity index is 1.57. The van der Waals surface area contributed by atoms with Crippen LogP contribution < -0.4 is 32.4 Å². The number of nitrogens with zero attached hydrogens (tertiary/aromatic N) is 2. The van der Waals surface area contributed by atoms with Crippen molar-refractivity contribution in [2.45, 2.75) is 43.8 Å². The first-order valence-electron chi connectivity index (χ1n) is 12.2.